The van der Waals surface area contributed by atoms with E-state index in [4.69, 9.17) is 0 Å². The molecule has 1 atom stereocenters. The summed E-state index contributed by atoms with van der Waals surface area (Å²) in [5, 5.41) is 0. The second kappa shape index (κ2) is 4.21. The number of pyridine rings is 1. The van der Waals surface area contributed by atoms with E-state index in [1.807, 2.05) is 12.1 Å². The van der Waals surface area contributed by atoms with Crippen LogP contribution >= 0.6 is 0 Å². The third-order valence-corrected chi connectivity index (χ3v) is 2.45. The van der Waals surface area contributed by atoms with Gasteiger partial charge >= 0.3 is 11.9 Å². The summed E-state index contributed by atoms with van der Waals surface area (Å²) >= 11 is 0. The molecule has 78 valence electrons. The molecule has 0 radical (unpaired) electrons. The molecular weight excluding hydrogens is 194 g/mol. The van der Waals surface area contributed by atoms with Gasteiger partial charge in [-0.05, 0) is 24.5 Å². The molecule has 1 fully saturated rings. The predicted molar refractivity (Wildman–Crippen MR) is 51.8 cm³/mol. The summed E-state index contributed by atoms with van der Waals surface area (Å²) in [6.45, 7) is 0. The number of cyclic esters (lactones) is 2. The molecule has 2 heterocycles. The van der Waals surface area contributed by atoms with Gasteiger partial charge in [-0.2, -0.15) is 0 Å². The van der Waals surface area contributed by atoms with Gasteiger partial charge in [0.1, 0.15) is 0 Å². The van der Waals surface area contributed by atoms with E-state index < -0.39 is 11.9 Å². The van der Waals surface area contributed by atoms with Gasteiger partial charge in [0.05, 0.1) is 5.92 Å². The number of rotatable bonds is 2. The molecule has 0 bridgehead atoms. The maximum atomic E-state index is 11.3. The molecule has 0 saturated carbocycles. The summed E-state index contributed by atoms with van der Waals surface area (Å²) < 4.78 is 4.57. The van der Waals surface area contributed by atoms with Crippen molar-refractivity contribution in [2.75, 3.05) is 0 Å². The fraction of sp³-hybridized carbons (Fsp3) is 0.364. The zero-order valence-corrected chi connectivity index (χ0v) is 8.18. The van der Waals surface area contributed by atoms with E-state index in [0.29, 0.717) is 19.3 Å². The molecule has 1 aliphatic heterocycles. The Morgan fingerprint density at radius 3 is 3.00 bits per heavy atom. The van der Waals surface area contributed by atoms with Crippen molar-refractivity contribution in [2.24, 2.45) is 5.92 Å². The molecule has 1 aromatic rings. The normalized spacial score (nSPS) is 21.2. The molecule has 2 rings (SSSR count). The van der Waals surface area contributed by atoms with Gasteiger partial charge in [0, 0.05) is 18.8 Å². The van der Waals surface area contributed by atoms with Crippen molar-refractivity contribution in [2.45, 2.75) is 19.3 Å². The second-order valence-corrected chi connectivity index (χ2v) is 3.59. The van der Waals surface area contributed by atoms with Crippen molar-refractivity contribution >= 4 is 11.9 Å². The molecule has 15 heavy (non-hydrogen) atoms. The third-order valence-electron chi connectivity index (χ3n) is 2.45. The lowest BCUT2D eigenvalue weighted by Gasteiger charge is -2.18. The summed E-state index contributed by atoms with van der Waals surface area (Å²) in [5.41, 5.74) is 0.994. The quantitative estimate of drug-likeness (QED) is 0.536. The zero-order chi connectivity index (χ0) is 10.7. The van der Waals surface area contributed by atoms with Crippen molar-refractivity contribution in [1.82, 2.24) is 4.98 Å². The van der Waals surface area contributed by atoms with E-state index in [0.717, 1.165) is 5.56 Å². The molecule has 0 N–H and O–H groups in total. The number of hydrogen-bond donors (Lipinski definition) is 0. The summed E-state index contributed by atoms with van der Waals surface area (Å²) in [6.07, 6.45) is 4.92. The molecule has 0 aliphatic carbocycles. The van der Waals surface area contributed by atoms with Crippen molar-refractivity contribution in [3.05, 3.63) is 30.1 Å². The maximum absolute atomic E-state index is 11.3. The second-order valence-electron chi connectivity index (χ2n) is 3.59. The highest BCUT2D eigenvalue weighted by Crippen LogP contribution is 2.20. The highest BCUT2D eigenvalue weighted by molar-refractivity contribution is 5.89. The number of esters is 2. The largest absolute Gasteiger partial charge is 0.393 e. The molecule has 0 amide bonds. The van der Waals surface area contributed by atoms with Gasteiger partial charge in [0.25, 0.3) is 0 Å². The van der Waals surface area contributed by atoms with E-state index in [2.05, 4.69) is 9.72 Å². The Balaban J connectivity index is 2.01. The molecule has 4 nitrogen and oxygen atoms in total. The molecule has 1 unspecified atom stereocenters. The minimum absolute atomic E-state index is 0.202. The van der Waals surface area contributed by atoms with Crippen molar-refractivity contribution in [1.29, 1.82) is 0 Å². The van der Waals surface area contributed by atoms with E-state index in [-0.39, 0.29) is 5.92 Å². The predicted octanol–water partition coefficient (Wildman–Crippen LogP) is 1.10. The van der Waals surface area contributed by atoms with Crippen molar-refractivity contribution in [3.8, 4) is 0 Å². The minimum Gasteiger partial charge on any atom is -0.393 e. The van der Waals surface area contributed by atoms with Gasteiger partial charge in [-0.3, -0.25) is 14.6 Å². The lowest BCUT2D eigenvalue weighted by molar-refractivity contribution is -0.167. The Bertz CT molecular complexity index is 375. The molecule has 4 heteroatoms. The topological polar surface area (TPSA) is 56.3 Å². The maximum Gasteiger partial charge on any atom is 0.316 e. The van der Waals surface area contributed by atoms with Crippen molar-refractivity contribution < 1.29 is 14.3 Å². The minimum atomic E-state index is -0.414. The van der Waals surface area contributed by atoms with Crippen LogP contribution < -0.4 is 0 Å². The standard InChI is InChI=1S/C11H11NO3/c13-10-4-3-9(11(14)15-10)6-8-2-1-5-12-7-8/h1-2,5,7,9H,3-4,6H2. The Kier molecular flexibility index (Phi) is 2.76. The van der Waals surface area contributed by atoms with Crippen LogP contribution in [0.2, 0.25) is 0 Å². The fourth-order valence-electron chi connectivity index (χ4n) is 1.65. The Morgan fingerprint density at radius 2 is 2.33 bits per heavy atom. The van der Waals surface area contributed by atoms with Gasteiger partial charge in [-0.15, -0.1) is 0 Å². The lowest BCUT2D eigenvalue weighted by Crippen LogP contribution is -2.29. The lowest BCUT2D eigenvalue weighted by atomic mass is 9.94. The van der Waals surface area contributed by atoms with Crippen LogP contribution in [-0.4, -0.2) is 16.9 Å². The molecule has 1 aliphatic rings. The van der Waals surface area contributed by atoms with E-state index >= 15 is 0 Å². The number of hydrogen-bond acceptors (Lipinski definition) is 4. The summed E-state index contributed by atoms with van der Waals surface area (Å²) in [4.78, 5) is 26.1. The average Bonchev–Trinajstić information content (AvgIpc) is 2.24. The molecule has 0 spiro atoms. The summed E-state index contributed by atoms with van der Waals surface area (Å²) in [7, 11) is 0. The number of ether oxygens (including phenoxy) is 1. The Hall–Kier alpha value is -1.71. The number of carbonyl (C=O) groups excluding carboxylic acids is 2. The monoisotopic (exact) mass is 205 g/mol. The van der Waals surface area contributed by atoms with Crippen LogP contribution in [0.3, 0.4) is 0 Å². The van der Waals surface area contributed by atoms with E-state index in [9.17, 15) is 9.59 Å². The van der Waals surface area contributed by atoms with Gasteiger partial charge in [-0.1, -0.05) is 6.07 Å². The number of carbonyl (C=O) groups is 2. The summed E-state index contributed by atoms with van der Waals surface area (Å²) in [6, 6.07) is 3.74. The molecule has 1 aromatic heterocycles. The van der Waals surface area contributed by atoms with E-state index in [1.54, 1.807) is 12.4 Å². The van der Waals surface area contributed by atoms with Crippen LogP contribution in [0.1, 0.15) is 18.4 Å². The van der Waals surface area contributed by atoms with Crippen LogP contribution in [0.5, 0.6) is 0 Å². The third kappa shape index (κ3) is 2.40. The number of aromatic nitrogens is 1. The van der Waals surface area contributed by atoms with Crippen LogP contribution in [-0.2, 0) is 20.7 Å². The van der Waals surface area contributed by atoms with E-state index in [1.165, 1.54) is 0 Å². The fourth-order valence-corrected chi connectivity index (χ4v) is 1.65. The first-order chi connectivity index (χ1) is 7.25. The van der Waals surface area contributed by atoms with Gasteiger partial charge in [0.15, 0.2) is 0 Å². The zero-order valence-electron chi connectivity index (χ0n) is 8.18. The Labute approximate surface area is 87.3 Å². The van der Waals surface area contributed by atoms with Crippen LogP contribution in [0, 0.1) is 5.92 Å². The Morgan fingerprint density at radius 1 is 1.47 bits per heavy atom. The van der Waals surface area contributed by atoms with Crippen molar-refractivity contribution in [3.63, 3.8) is 0 Å². The molecular formula is C11H11NO3. The van der Waals surface area contributed by atoms with Crippen LogP contribution in [0.4, 0.5) is 0 Å². The summed E-state index contributed by atoms with van der Waals surface area (Å²) in [5.74, 6) is -1.02. The first kappa shape index (κ1) is 9.83. The average molecular weight is 205 g/mol. The van der Waals surface area contributed by atoms with Crippen LogP contribution in [0.15, 0.2) is 24.5 Å². The molecule has 0 aromatic carbocycles. The first-order valence-corrected chi connectivity index (χ1v) is 4.89. The number of nitrogens with zero attached hydrogens (tertiary/aromatic N) is 1. The van der Waals surface area contributed by atoms with Crippen LogP contribution in [0.25, 0.3) is 0 Å². The first-order valence-electron chi connectivity index (χ1n) is 4.89. The van der Waals surface area contributed by atoms with Gasteiger partial charge < -0.3 is 4.74 Å². The van der Waals surface area contributed by atoms with Gasteiger partial charge in [-0.25, -0.2) is 0 Å². The van der Waals surface area contributed by atoms with Gasteiger partial charge in [0.2, 0.25) is 0 Å². The highest BCUT2D eigenvalue weighted by atomic mass is 16.6. The molecule has 1 saturated heterocycles. The smallest absolute Gasteiger partial charge is 0.316 e. The highest BCUT2D eigenvalue weighted by Gasteiger charge is 2.28. The SMILES string of the molecule is O=C1CCC(Cc2cccnc2)C(=O)O1.